The lowest BCUT2D eigenvalue weighted by atomic mass is 9.85. The molecule has 0 radical (unpaired) electrons. The van der Waals surface area contributed by atoms with E-state index < -0.39 is 0 Å². The van der Waals surface area contributed by atoms with Gasteiger partial charge in [0.15, 0.2) is 0 Å². The number of carbonyl (C=O) groups excluding carboxylic acids is 2. The minimum atomic E-state index is -0.361. The van der Waals surface area contributed by atoms with Crippen molar-refractivity contribution in [2.24, 2.45) is 5.92 Å². The Bertz CT molecular complexity index is 1050. The van der Waals surface area contributed by atoms with Crippen molar-refractivity contribution in [3.05, 3.63) is 59.3 Å². The van der Waals surface area contributed by atoms with Crippen LogP contribution in [0.3, 0.4) is 0 Å². The first-order chi connectivity index (χ1) is 14.1. The summed E-state index contributed by atoms with van der Waals surface area (Å²) in [5.41, 5.74) is 4.62. The summed E-state index contributed by atoms with van der Waals surface area (Å²) in [5, 5.41) is 4.10. The van der Waals surface area contributed by atoms with Gasteiger partial charge in [-0.3, -0.25) is 4.79 Å². The molecule has 1 heterocycles. The number of esters is 1. The number of H-pyrrole nitrogens is 1. The first-order valence-electron chi connectivity index (χ1n) is 9.84. The molecular formula is C23H24N2O4. The van der Waals surface area contributed by atoms with Crippen molar-refractivity contribution in [1.29, 1.82) is 0 Å². The number of nitrogens with one attached hydrogen (secondary N) is 2. The summed E-state index contributed by atoms with van der Waals surface area (Å²) in [6.07, 6.45) is 2.32. The summed E-state index contributed by atoms with van der Waals surface area (Å²) in [7, 11) is 1.66. The van der Waals surface area contributed by atoms with E-state index in [0.29, 0.717) is 24.3 Å². The number of methoxy groups -OCH3 is 1. The van der Waals surface area contributed by atoms with Gasteiger partial charge in [0.1, 0.15) is 5.75 Å². The number of rotatable bonds is 5. The molecule has 1 atom stereocenters. The lowest BCUT2D eigenvalue weighted by molar-refractivity contribution is -0.120. The molecule has 0 spiro atoms. The van der Waals surface area contributed by atoms with Gasteiger partial charge in [-0.15, -0.1) is 0 Å². The Morgan fingerprint density at radius 3 is 2.69 bits per heavy atom. The Balaban J connectivity index is 1.47. The van der Waals surface area contributed by atoms with Crippen LogP contribution >= 0.6 is 0 Å². The van der Waals surface area contributed by atoms with Gasteiger partial charge in [0, 0.05) is 28.2 Å². The summed E-state index contributed by atoms with van der Waals surface area (Å²) in [6, 6.07) is 12.8. The second-order valence-corrected chi connectivity index (χ2v) is 7.22. The molecule has 0 fully saturated rings. The van der Waals surface area contributed by atoms with E-state index in [2.05, 4.69) is 10.3 Å². The van der Waals surface area contributed by atoms with Gasteiger partial charge in [-0.1, -0.05) is 0 Å². The van der Waals surface area contributed by atoms with E-state index in [0.717, 1.165) is 29.5 Å². The highest BCUT2D eigenvalue weighted by atomic mass is 16.5. The summed E-state index contributed by atoms with van der Waals surface area (Å²) in [6.45, 7) is 2.10. The van der Waals surface area contributed by atoms with Crippen LogP contribution in [-0.4, -0.2) is 30.6 Å². The Hall–Kier alpha value is -3.28. The minimum Gasteiger partial charge on any atom is -0.497 e. The standard InChI is InChI=1S/C23H24N2O4/c1-3-29-23(27)14-4-7-16(8-5-14)24-22(26)15-6-10-20-18(12-15)19-13-17(28-2)9-11-21(19)25-20/h4-5,7-9,11,13,15,25H,3,6,10,12H2,1-2H3,(H,24,26). The first kappa shape index (κ1) is 19.1. The second-order valence-electron chi connectivity index (χ2n) is 7.22. The number of anilines is 1. The van der Waals surface area contributed by atoms with Crippen LogP contribution in [0.2, 0.25) is 0 Å². The lowest BCUT2D eigenvalue weighted by Gasteiger charge is -2.22. The van der Waals surface area contributed by atoms with Crippen molar-refractivity contribution < 1.29 is 19.1 Å². The van der Waals surface area contributed by atoms with E-state index in [1.807, 2.05) is 18.2 Å². The van der Waals surface area contributed by atoms with Crippen LogP contribution in [0.4, 0.5) is 5.69 Å². The number of amides is 1. The van der Waals surface area contributed by atoms with Crippen molar-refractivity contribution in [1.82, 2.24) is 4.98 Å². The van der Waals surface area contributed by atoms with Gasteiger partial charge in [-0.25, -0.2) is 4.79 Å². The molecule has 0 bridgehead atoms. The lowest BCUT2D eigenvalue weighted by Crippen LogP contribution is -2.28. The number of hydrogen-bond donors (Lipinski definition) is 2. The van der Waals surface area contributed by atoms with Gasteiger partial charge in [0.2, 0.25) is 5.91 Å². The molecule has 6 heteroatoms. The van der Waals surface area contributed by atoms with E-state index >= 15 is 0 Å². The van der Waals surface area contributed by atoms with Crippen LogP contribution in [0, 0.1) is 5.92 Å². The monoisotopic (exact) mass is 392 g/mol. The largest absolute Gasteiger partial charge is 0.497 e. The third-order valence-electron chi connectivity index (χ3n) is 5.43. The summed E-state index contributed by atoms with van der Waals surface area (Å²) < 4.78 is 10.3. The average Bonchev–Trinajstić information content (AvgIpc) is 3.11. The molecule has 4 rings (SSSR count). The third-order valence-corrected chi connectivity index (χ3v) is 5.43. The predicted octanol–water partition coefficient (Wildman–Crippen LogP) is 4.10. The first-order valence-corrected chi connectivity index (χ1v) is 9.84. The number of fused-ring (bicyclic) bond motifs is 3. The van der Waals surface area contributed by atoms with Gasteiger partial charge < -0.3 is 19.8 Å². The van der Waals surface area contributed by atoms with Gasteiger partial charge in [0.05, 0.1) is 19.3 Å². The number of aromatic amines is 1. The van der Waals surface area contributed by atoms with E-state index in [-0.39, 0.29) is 17.8 Å². The molecule has 0 saturated carbocycles. The second kappa shape index (κ2) is 7.99. The van der Waals surface area contributed by atoms with Gasteiger partial charge >= 0.3 is 5.97 Å². The topological polar surface area (TPSA) is 80.4 Å². The molecule has 0 aliphatic heterocycles. The van der Waals surface area contributed by atoms with Gasteiger partial charge in [-0.2, -0.15) is 0 Å². The Morgan fingerprint density at radius 1 is 1.17 bits per heavy atom. The number of hydrogen-bond acceptors (Lipinski definition) is 4. The van der Waals surface area contributed by atoms with Crippen LogP contribution in [-0.2, 0) is 22.4 Å². The molecule has 29 heavy (non-hydrogen) atoms. The van der Waals surface area contributed by atoms with Gasteiger partial charge in [0.25, 0.3) is 0 Å². The molecule has 6 nitrogen and oxygen atoms in total. The summed E-state index contributed by atoms with van der Waals surface area (Å²) in [5.74, 6) is 0.349. The molecular weight excluding hydrogens is 368 g/mol. The van der Waals surface area contributed by atoms with Crippen LogP contribution in [0.15, 0.2) is 42.5 Å². The fraction of sp³-hybridized carbons (Fsp3) is 0.304. The molecule has 150 valence electrons. The maximum absolute atomic E-state index is 12.8. The Morgan fingerprint density at radius 2 is 1.97 bits per heavy atom. The van der Waals surface area contributed by atoms with E-state index in [9.17, 15) is 9.59 Å². The van der Waals surface area contributed by atoms with Crippen LogP contribution < -0.4 is 10.1 Å². The van der Waals surface area contributed by atoms with Crippen molar-refractivity contribution in [2.75, 3.05) is 19.0 Å². The molecule has 2 aromatic carbocycles. The minimum absolute atomic E-state index is 0.00298. The number of aromatic nitrogens is 1. The molecule has 1 aliphatic carbocycles. The molecule has 3 aromatic rings. The number of carbonyl (C=O) groups is 2. The molecule has 1 unspecified atom stereocenters. The van der Waals surface area contributed by atoms with Crippen LogP contribution in [0.25, 0.3) is 10.9 Å². The molecule has 1 aliphatic rings. The Kier molecular flexibility index (Phi) is 5.25. The van der Waals surface area contributed by atoms with Crippen molar-refractivity contribution in [3.63, 3.8) is 0 Å². The smallest absolute Gasteiger partial charge is 0.338 e. The van der Waals surface area contributed by atoms with E-state index in [4.69, 9.17) is 9.47 Å². The number of aryl methyl sites for hydroxylation is 1. The van der Waals surface area contributed by atoms with Crippen LogP contribution in [0.5, 0.6) is 5.75 Å². The summed E-state index contributed by atoms with van der Waals surface area (Å²) >= 11 is 0. The quantitative estimate of drug-likeness (QED) is 0.641. The zero-order chi connectivity index (χ0) is 20.4. The fourth-order valence-corrected chi connectivity index (χ4v) is 3.90. The Labute approximate surface area is 169 Å². The molecule has 1 aromatic heterocycles. The maximum Gasteiger partial charge on any atom is 0.338 e. The summed E-state index contributed by atoms with van der Waals surface area (Å²) in [4.78, 5) is 28.1. The SMILES string of the molecule is CCOC(=O)c1ccc(NC(=O)C2CCc3[nH]c4ccc(OC)cc4c3C2)cc1. The maximum atomic E-state index is 12.8. The van der Waals surface area contributed by atoms with E-state index in [1.54, 1.807) is 38.3 Å². The average molecular weight is 392 g/mol. The predicted molar refractivity (Wildman–Crippen MR) is 111 cm³/mol. The molecule has 0 saturated heterocycles. The zero-order valence-electron chi connectivity index (χ0n) is 16.6. The highest BCUT2D eigenvalue weighted by Gasteiger charge is 2.27. The number of benzene rings is 2. The highest BCUT2D eigenvalue weighted by molar-refractivity contribution is 5.95. The van der Waals surface area contributed by atoms with Gasteiger partial charge in [-0.05, 0) is 74.2 Å². The zero-order valence-corrected chi connectivity index (χ0v) is 16.6. The molecule has 2 N–H and O–H groups in total. The van der Waals surface area contributed by atoms with Crippen molar-refractivity contribution in [2.45, 2.75) is 26.2 Å². The molecule has 1 amide bonds. The van der Waals surface area contributed by atoms with Crippen molar-refractivity contribution >= 4 is 28.5 Å². The van der Waals surface area contributed by atoms with Crippen LogP contribution in [0.1, 0.15) is 35.0 Å². The highest BCUT2D eigenvalue weighted by Crippen LogP contribution is 2.34. The van der Waals surface area contributed by atoms with Crippen molar-refractivity contribution in [3.8, 4) is 5.75 Å². The normalized spacial score (nSPS) is 15.6. The third kappa shape index (κ3) is 3.83. The van der Waals surface area contributed by atoms with E-state index in [1.165, 1.54) is 11.3 Å². The number of ether oxygens (including phenoxy) is 2. The fourth-order valence-electron chi connectivity index (χ4n) is 3.90.